The van der Waals surface area contributed by atoms with Crippen LogP contribution >= 0.6 is 0 Å². The molecule has 0 aliphatic rings. The maximum atomic E-state index is 11.2. The molecule has 6 nitrogen and oxygen atoms in total. The molecule has 0 rings (SSSR count). The summed E-state index contributed by atoms with van der Waals surface area (Å²) in [6.45, 7) is 3.92. The van der Waals surface area contributed by atoms with Crippen molar-refractivity contribution in [2.24, 2.45) is 5.41 Å². The Morgan fingerprint density at radius 2 is 2.00 bits per heavy atom. The second kappa shape index (κ2) is 5.43. The summed E-state index contributed by atoms with van der Waals surface area (Å²) >= 11 is 0. The fraction of sp³-hybridized carbons (Fsp3) is 0.778. The molecule has 86 valence electrons. The number of ketones is 1. The van der Waals surface area contributed by atoms with Gasteiger partial charge in [0.05, 0.1) is 13.0 Å². The summed E-state index contributed by atoms with van der Waals surface area (Å²) in [5.41, 5.74) is -1.27. The normalized spacial score (nSPS) is 14.1. The van der Waals surface area contributed by atoms with Crippen molar-refractivity contribution in [2.75, 3.05) is 13.2 Å². The smallest absolute Gasteiger partial charge is 0.307 e. The summed E-state index contributed by atoms with van der Waals surface area (Å²) in [6, 6.07) is 0. The molecule has 0 aromatic carbocycles. The van der Waals surface area contributed by atoms with Gasteiger partial charge in [-0.05, 0) is 20.8 Å². The third kappa shape index (κ3) is 4.53. The lowest BCUT2D eigenvalue weighted by Gasteiger charge is -2.20. The van der Waals surface area contributed by atoms with Gasteiger partial charge in [0.25, 0.3) is 0 Å². The Labute approximate surface area is 87.7 Å². The lowest BCUT2D eigenvalue weighted by atomic mass is 9.83. The van der Waals surface area contributed by atoms with E-state index in [2.05, 4.69) is 4.74 Å². The second-order valence-corrected chi connectivity index (χ2v) is 3.59. The molecule has 6 heteroatoms. The minimum atomic E-state index is -1.27. The van der Waals surface area contributed by atoms with E-state index in [1.54, 1.807) is 6.92 Å². The highest BCUT2D eigenvalue weighted by molar-refractivity contribution is 5.86. The maximum Gasteiger partial charge on any atom is 0.307 e. The van der Waals surface area contributed by atoms with Gasteiger partial charge < -0.3 is 4.74 Å². The highest BCUT2D eigenvalue weighted by atomic mass is 16.6. The van der Waals surface area contributed by atoms with E-state index in [1.165, 1.54) is 13.8 Å². The van der Waals surface area contributed by atoms with Crippen molar-refractivity contribution >= 4 is 11.8 Å². The molecule has 0 aliphatic heterocycles. The molecular formula is C9H15NO5. The van der Waals surface area contributed by atoms with Gasteiger partial charge >= 0.3 is 5.97 Å². The standard InChI is InChI=1S/C9H15NO5/c1-4-15-8(12)5-9(3,7(2)11)6-10(13)14/h4-6H2,1-3H3. The Hall–Kier alpha value is -1.46. The number of carbonyl (C=O) groups is 2. The van der Waals surface area contributed by atoms with E-state index in [0.29, 0.717) is 0 Å². The van der Waals surface area contributed by atoms with Crippen LogP contribution in [0.3, 0.4) is 0 Å². The quantitative estimate of drug-likeness (QED) is 0.373. The number of carbonyl (C=O) groups excluding carboxylic acids is 2. The van der Waals surface area contributed by atoms with E-state index in [0.717, 1.165) is 0 Å². The Morgan fingerprint density at radius 3 is 2.33 bits per heavy atom. The van der Waals surface area contributed by atoms with Gasteiger partial charge in [0.1, 0.15) is 11.2 Å². The van der Waals surface area contributed by atoms with Crippen molar-refractivity contribution in [3.63, 3.8) is 0 Å². The Kier molecular flexibility index (Phi) is 4.90. The molecule has 0 saturated heterocycles. The fourth-order valence-corrected chi connectivity index (χ4v) is 1.11. The first-order chi connectivity index (χ1) is 6.81. The highest BCUT2D eigenvalue weighted by Gasteiger charge is 2.38. The molecule has 0 heterocycles. The van der Waals surface area contributed by atoms with Gasteiger partial charge in [0, 0.05) is 4.92 Å². The van der Waals surface area contributed by atoms with E-state index in [9.17, 15) is 19.7 Å². The molecule has 1 atom stereocenters. The highest BCUT2D eigenvalue weighted by Crippen LogP contribution is 2.23. The number of hydrogen-bond donors (Lipinski definition) is 0. The average Bonchev–Trinajstić information content (AvgIpc) is 2.01. The zero-order valence-corrected chi connectivity index (χ0v) is 9.11. The Bertz CT molecular complexity index is 276. The Balaban J connectivity index is 4.58. The number of nitrogens with zero attached hydrogens (tertiary/aromatic N) is 1. The first kappa shape index (κ1) is 13.5. The van der Waals surface area contributed by atoms with Gasteiger partial charge in [0.15, 0.2) is 0 Å². The van der Waals surface area contributed by atoms with Gasteiger partial charge in [-0.15, -0.1) is 0 Å². The topological polar surface area (TPSA) is 86.5 Å². The predicted molar refractivity (Wildman–Crippen MR) is 51.9 cm³/mol. The monoisotopic (exact) mass is 217 g/mol. The number of esters is 1. The van der Waals surface area contributed by atoms with E-state index in [-0.39, 0.29) is 18.8 Å². The number of Topliss-reactive ketones (excluding diaryl/α,β-unsaturated/α-hetero) is 1. The molecule has 0 N–H and O–H groups in total. The summed E-state index contributed by atoms with van der Waals surface area (Å²) in [5, 5.41) is 10.4. The molecule has 0 aromatic rings. The van der Waals surface area contributed by atoms with Gasteiger partial charge in [-0.3, -0.25) is 19.7 Å². The molecule has 0 aromatic heterocycles. The van der Waals surface area contributed by atoms with Crippen LogP contribution in [0.4, 0.5) is 0 Å². The van der Waals surface area contributed by atoms with Crippen LogP contribution in [0.2, 0.25) is 0 Å². The minimum Gasteiger partial charge on any atom is -0.466 e. The fourth-order valence-electron chi connectivity index (χ4n) is 1.11. The lowest BCUT2D eigenvalue weighted by molar-refractivity contribution is -0.492. The van der Waals surface area contributed by atoms with Crippen LogP contribution in [0.15, 0.2) is 0 Å². The van der Waals surface area contributed by atoms with Crippen LogP contribution in [-0.4, -0.2) is 29.8 Å². The van der Waals surface area contributed by atoms with Crippen molar-refractivity contribution in [2.45, 2.75) is 27.2 Å². The Morgan fingerprint density at radius 1 is 1.47 bits per heavy atom. The van der Waals surface area contributed by atoms with Crippen LogP contribution in [-0.2, 0) is 14.3 Å². The van der Waals surface area contributed by atoms with Crippen LogP contribution in [0.5, 0.6) is 0 Å². The summed E-state index contributed by atoms with van der Waals surface area (Å²) in [5.74, 6) is -0.968. The van der Waals surface area contributed by atoms with Crippen LogP contribution in [0, 0.1) is 15.5 Å². The number of rotatable bonds is 6. The van der Waals surface area contributed by atoms with E-state index in [1.807, 2.05) is 0 Å². The van der Waals surface area contributed by atoms with E-state index in [4.69, 9.17) is 0 Å². The zero-order valence-electron chi connectivity index (χ0n) is 9.11. The number of nitro groups is 1. The number of ether oxygens (including phenoxy) is 1. The van der Waals surface area contributed by atoms with Crippen LogP contribution in [0.1, 0.15) is 27.2 Å². The summed E-state index contributed by atoms with van der Waals surface area (Å²) < 4.78 is 4.66. The van der Waals surface area contributed by atoms with Gasteiger partial charge in [-0.2, -0.15) is 0 Å². The van der Waals surface area contributed by atoms with Crippen molar-refractivity contribution < 1.29 is 19.2 Å². The molecule has 0 fully saturated rings. The largest absolute Gasteiger partial charge is 0.466 e. The average molecular weight is 217 g/mol. The lowest BCUT2D eigenvalue weighted by Crippen LogP contribution is -2.36. The van der Waals surface area contributed by atoms with Crippen molar-refractivity contribution in [3.8, 4) is 0 Å². The number of hydrogen-bond acceptors (Lipinski definition) is 5. The summed E-state index contributed by atoms with van der Waals surface area (Å²) in [7, 11) is 0. The summed E-state index contributed by atoms with van der Waals surface area (Å²) in [6.07, 6.45) is -0.253. The molecule has 0 amide bonds. The van der Waals surface area contributed by atoms with E-state index < -0.39 is 22.9 Å². The molecule has 15 heavy (non-hydrogen) atoms. The molecular weight excluding hydrogens is 202 g/mol. The van der Waals surface area contributed by atoms with Crippen molar-refractivity contribution in [1.82, 2.24) is 0 Å². The van der Waals surface area contributed by atoms with Crippen molar-refractivity contribution in [3.05, 3.63) is 10.1 Å². The van der Waals surface area contributed by atoms with Gasteiger partial charge in [-0.25, -0.2) is 0 Å². The summed E-state index contributed by atoms with van der Waals surface area (Å²) in [4.78, 5) is 32.1. The first-order valence-corrected chi connectivity index (χ1v) is 4.60. The van der Waals surface area contributed by atoms with Gasteiger partial charge in [-0.1, -0.05) is 0 Å². The van der Waals surface area contributed by atoms with E-state index >= 15 is 0 Å². The molecule has 0 radical (unpaired) electrons. The zero-order chi connectivity index (χ0) is 12.1. The molecule has 0 saturated carbocycles. The van der Waals surface area contributed by atoms with Gasteiger partial charge in [0.2, 0.25) is 6.54 Å². The minimum absolute atomic E-state index is 0.200. The van der Waals surface area contributed by atoms with Crippen LogP contribution < -0.4 is 0 Å². The van der Waals surface area contributed by atoms with Crippen LogP contribution in [0.25, 0.3) is 0 Å². The molecule has 0 spiro atoms. The molecule has 1 unspecified atom stereocenters. The predicted octanol–water partition coefficient (Wildman–Crippen LogP) is 0.812. The third-order valence-corrected chi connectivity index (χ3v) is 2.17. The second-order valence-electron chi connectivity index (χ2n) is 3.59. The maximum absolute atomic E-state index is 11.2. The molecule has 0 aliphatic carbocycles. The first-order valence-electron chi connectivity index (χ1n) is 4.60. The third-order valence-electron chi connectivity index (χ3n) is 2.17. The van der Waals surface area contributed by atoms with Crippen molar-refractivity contribution in [1.29, 1.82) is 0 Å². The SMILES string of the molecule is CCOC(=O)CC(C)(C[N+](=O)[O-])C(C)=O. The molecule has 0 bridgehead atoms.